The zero-order valence-electron chi connectivity index (χ0n) is 25.8. The van der Waals surface area contributed by atoms with Gasteiger partial charge in [0.05, 0.1) is 29.6 Å². The molecule has 0 bridgehead atoms. The number of unbranched alkanes of at least 4 members (excludes halogenated alkanes) is 1. The van der Waals surface area contributed by atoms with Gasteiger partial charge in [0.15, 0.2) is 11.6 Å². The van der Waals surface area contributed by atoms with Crippen LogP contribution >= 0.6 is 11.6 Å². The second-order valence-corrected chi connectivity index (χ2v) is 13.4. The molecule has 0 unspecified atom stereocenters. The summed E-state index contributed by atoms with van der Waals surface area (Å²) in [5.41, 5.74) is 2.36. The third kappa shape index (κ3) is 13.9. The Balaban J connectivity index is 0.000000548. The summed E-state index contributed by atoms with van der Waals surface area (Å²) >= 11 is 6.44. The normalized spacial score (nSPS) is 11.2. The van der Waals surface area contributed by atoms with Crippen LogP contribution in [0, 0.1) is 5.82 Å². The third-order valence-electron chi connectivity index (χ3n) is 5.89. The minimum absolute atomic E-state index is 0.1000. The maximum absolute atomic E-state index is 14.0. The van der Waals surface area contributed by atoms with Crippen molar-refractivity contribution < 1.29 is 44.6 Å². The number of para-hydroxylation sites is 1. The first-order valence-electron chi connectivity index (χ1n) is 14.1. The highest BCUT2D eigenvalue weighted by Crippen LogP contribution is 2.35. The van der Waals surface area contributed by atoms with Crippen molar-refractivity contribution in [2.45, 2.75) is 19.4 Å². The molecule has 258 valence electrons. The summed E-state index contributed by atoms with van der Waals surface area (Å²) < 4.78 is 77.4. The van der Waals surface area contributed by atoms with Crippen molar-refractivity contribution in [1.29, 1.82) is 0 Å². The number of aliphatic hydroxyl groups excluding tert-OH is 1. The van der Waals surface area contributed by atoms with Crippen molar-refractivity contribution in [2.24, 2.45) is 0 Å². The number of furan rings is 1. The lowest BCUT2D eigenvalue weighted by Crippen LogP contribution is -2.14. The lowest BCUT2D eigenvalue weighted by molar-refractivity contribution is 0.283. The van der Waals surface area contributed by atoms with E-state index in [9.17, 15) is 21.2 Å². The second-order valence-electron chi connectivity index (χ2n) is 10.1. The number of aliphatic hydroxyl groups is 1. The Labute approximate surface area is 282 Å². The molecule has 2 aromatic heterocycles. The minimum Gasteiger partial charge on any atom is -0.460 e. The number of nitrogens with one attached hydrogen (secondary N) is 2. The van der Waals surface area contributed by atoms with E-state index in [1.165, 1.54) is 12.4 Å². The fraction of sp³-hybridized carbons (Fsp3) is 0.226. The third-order valence-corrected chi connectivity index (χ3v) is 6.19. The van der Waals surface area contributed by atoms with Gasteiger partial charge in [-0.1, -0.05) is 23.7 Å². The maximum Gasteiger partial charge on any atom is 0.261 e. The van der Waals surface area contributed by atoms with Crippen LogP contribution in [-0.2, 0) is 26.8 Å². The molecule has 13 nitrogen and oxygen atoms in total. The van der Waals surface area contributed by atoms with Crippen LogP contribution in [0.25, 0.3) is 22.2 Å². The summed E-state index contributed by atoms with van der Waals surface area (Å²) in [4.78, 5) is 8.82. The number of hydrogen-bond donors (Lipinski definition) is 5. The van der Waals surface area contributed by atoms with Crippen LogP contribution in [0.3, 0.4) is 0 Å². The molecule has 0 spiro atoms. The van der Waals surface area contributed by atoms with Crippen molar-refractivity contribution in [2.75, 3.05) is 31.0 Å². The number of benzene rings is 3. The van der Waals surface area contributed by atoms with E-state index in [2.05, 4.69) is 20.6 Å². The highest BCUT2D eigenvalue weighted by molar-refractivity contribution is 7.85. The number of aromatic nitrogens is 2. The van der Waals surface area contributed by atoms with E-state index in [-0.39, 0.29) is 12.4 Å². The molecular weight excluding hydrogens is 691 g/mol. The molecule has 0 saturated heterocycles. The Morgan fingerprint density at radius 2 is 1.60 bits per heavy atom. The summed E-state index contributed by atoms with van der Waals surface area (Å²) in [6.07, 6.45) is 4.62. The molecular formula is C31H34ClFN4O9S2. The molecule has 0 aliphatic rings. The van der Waals surface area contributed by atoms with E-state index in [4.69, 9.17) is 35.0 Å². The van der Waals surface area contributed by atoms with Gasteiger partial charge in [0.25, 0.3) is 20.2 Å². The Bertz CT molecular complexity index is 1980. The highest BCUT2D eigenvalue weighted by atomic mass is 35.5. The van der Waals surface area contributed by atoms with Gasteiger partial charge in [-0.15, -0.1) is 0 Å². The fourth-order valence-corrected chi connectivity index (χ4v) is 4.17. The number of rotatable bonds is 11. The molecule has 0 fully saturated rings. The Morgan fingerprint density at radius 1 is 0.896 bits per heavy atom. The topological polar surface area (TPSA) is 201 Å². The molecule has 0 radical (unpaired) electrons. The molecule has 5 aromatic rings. The van der Waals surface area contributed by atoms with E-state index < -0.39 is 26.1 Å². The lowest BCUT2D eigenvalue weighted by atomic mass is 10.1. The number of ether oxygens (including phenoxy) is 1. The van der Waals surface area contributed by atoms with Crippen molar-refractivity contribution >= 4 is 54.2 Å². The molecule has 0 atom stereocenters. The average molecular weight is 725 g/mol. The summed E-state index contributed by atoms with van der Waals surface area (Å²) in [5.74, 6) is 2.15. The molecule has 5 rings (SSSR count). The first kappa shape index (κ1) is 38.3. The van der Waals surface area contributed by atoms with Crippen LogP contribution in [0.2, 0.25) is 5.02 Å². The molecule has 0 saturated carbocycles. The molecule has 0 amide bonds. The van der Waals surface area contributed by atoms with Crippen molar-refractivity contribution in [1.82, 2.24) is 15.3 Å². The van der Waals surface area contributed by atoms with Gasteiger partial charge in [0.2, 0.25) is 0 Å². The van der Waals surface area contributed by atoms with Gasteiger partial charge in [-0.2, -0.15) is 16.8 Å². The molecule has 0 aliphatic heterocycles. The van der Waals surface area contributed by atoms with E-state index in [1.54, 1.807) is 36.4 Å². The smallest absolute Gasteiger partial charge is 0.261 e. The maximum atomic E-state index is 14.0. The first-order chi connectivity index (χ1) is 22.6. The predicted molar refractivity (Wildman–Crippen MR) is 181 cm³/mol. The van der Waals surface area contributed by atoms with E-state index in [1.807, 2.05) is 30.3 Å². The Hall–Kier alpha value is -4.16. The van der Waals surface area contributed by atoms with Crippen LogP contribution in [0.4, 0.5) is 15.9 Å². The van der Waals surface area contributed by atoms with Gasteiger partial charge in [0.1, 0.15) is 29.4 Å². The van der Waals surface area contributed by atoms with Crippen LogP contribution in [0.15, 0.2) is 83.5 Å². The van der Waals surface area contributed by atoms with Gasteiger partial charge in [-0.3, -0.25) is 9.11 Å². The fourth-order valence-electron chi connectivity index (χ4n) is 3.96. The van der Waals surface area contributed by atoms with Gasteiger partial charge in [0, 0.05) is 23.2 Å². The Kier molecular flexibility index (Phi) is 14.2. The zero-order chi connectivity index (χ0) is 35.3. The minimum atomic E-state index is -3.67. The summed E-state index contributed by atoms with van der Waals surface area (Å²) in [6, 6.07) is 21.1. The molecule has 48 heavy (non-hydrogen) atoms. The standard InChI is InChI=1S/C29H26ClFN4O3.2CH4O3S/c30-23-16-20(8-11-27(23)38-28-6-2-1-5-24(28)31)35-29-22-15-19(7-10-25(22)33-18-34-29)26-12-9-21(37-26)17-32-13-3-4-14-36;2*1-5(2,3)4/h1-2,5-12,15-16,18,32,36H,3-4,13-14,17H2,(H,33,34,35);2*1H3,(H,2,3,4). The lowest BCUT2D eigenvalue weighted by Gasteiger charge is -2.12. The van der Waals surface area contributed by atoms with E-state index >= 15 is 0 Å². The molecule has 0 aliphatic carbocycles. The van der Waals surface area contributed by atoms with E-state index in [0.29, 0.717) is 41.3 Å². The predicted octanol–water partition coefficient (Wildman–Crippen LogP) is 6.09. The number of fused-ring (bicyclic) bond motifs is 1. The highest BCUT2D eigenvalue weighted by Gasteiger charge is 2.12. The second kappa shape index (κ2) is 17.8. The molecule has 5 N–H and O–H groups in total. The molecule has 17 heteroatoms. The van der Waals surface area contributed by atoms with Crippen molar-refractivity contribution in [3.05, 3.63) is 95.7 Å². The van der Waals surface area contributed by atoms with Gasteiger partial charge in [-0.25, -0.2) is 14.4 Å². The molecule has 2 heterocycles. The zero-order valence-corrected chi connectivity index (χ0v) is 28.2. The van der Waals surface area contributed by atoms with Crippen molar-refractivity contribution in [3.63, 3.8) is 0 Å². The van der Waals surface area contributed by atoms with Crippen LogP contribution < -0.4 is 15.4 Å². The monoisotopic (exact) mass is 724 g/mol. The van der Waals surface area contributed by atoms with Gasteiger partial charge < -0.3 is 24.9 Å². The van der Waals surface area contributed by atoms with Gasteiger partial charge in [-0.05, 0) is 80.1 Å². The first-order valence-corrected chi connectivity index (χ1v) is 18.2. The largest absolute Gasteiger partial charge is 0.460 e. The number of nitrogens with zero attached hydrogens (tertiary/aromatic N) is 2. The number of halogens is 2. The van der Waals surface area contributed by atoms with Crippen molar-refractivity contribution in [3.8, 4) is 22.8 Å². The SMILES string of the molecule is CS(=O)(=O)O.CS(=O)(=O)O.OCCCCNCc1ccc(-c2ccc3ncnc(Nc4ccc(Oc5ccccc5F)c(Cl)c4)c3c2)o1. The van der Waals surface area contributed by atoms with Crippen LogP contribution in [-0.4, -0.2) is 66.7 Å². The number of hydrogen-bond acceptors (Lipinski definition) is 11. The summed E-state index contributed by atoms with van der Waals surface area (Å²) in [5, 5.41) is 16.6. The average Bonchev–Trinajstić information content (AvgIpc) is 3.47. The van der Waals surface area contributed by atoms with Gasteiger partial charge >= 0.3 is 0 Å². The van der Waals surface area contributed by atoms with Crippen LogP contribution in [0.1, 0.15) is 18.6 Å². The Morgan fingerprint density at radius 3 is 2.27 bits per heavy atom. The summed E-state index contributed by atoms with van der Waals surface area (Å²) in [6.45, 7) is 1.64. The summed E-state index contributed by atoms with van der Waals surface area (Å²) in [7, 11) is -7.33. The van der Waals surface area contributed by atoms with Crippen LogP contribution in [0.5, 0.6) is 11.5 Å². The quantitative estimate of drug-likeness (QED) is 0.0775. The van der Waals surface area contributed by atoms with E-state index in [0.717, 1.165) is 47.4 Å². The molecule has 3 aromatic carbocycles. The number of anilines is 2.